The molecule has 0 bridgehead atoms. The number of thioether (sulfide) groups is 1. The first kappa shape index (κ1) is 18.1. The lowest BCUT2D eigenvalue weighted by molar-refractivity contribution is -0.116. The van der Waals surface area contributed by atoms with E-state index < -0.39 is 0 Å². The van der Waals surface area contributed by atoms with Crippen molar-refractivity contribution in [2.45, 2.75) is 17.2 Å². The summed E-state index contributed by atoms with van der Waals surface area (Å²) in [5.41, 5.74) is 2.23. The fraction of sp³-hybridized carbons (Fsp3) is 0.222. The number of thiophene rings is 1. The number of anilines is 2. The Balaban J connectivity index is 1.35. The predicted molar refractivity (Wildman–Crippen MR) is 110 cm³/mol. The van der Waals surface area contributed by atoms with Crippen LogP contribution in [0.4, 0.5) is 10.8 Å². The van der Waals surface area contributed by atoms with Gasteiger partial charge in [-0.05, 0) is 35.9 Å². The van der Waals surface area contributed by atoms with Gasteiger partial charge in [0, 0.05) is 12.2 Å². The number of carbonyl (C=O) groups is 2. The van der Waals surface area contributed by atoms with Crippen molar-refractivity contribution in [1.82, 2.24) is 10.2 Å². The molecule has 9 heteroatoms. The summed E-state index contributed by atoms with van der Waals surface area (Å²) in [7, 11) is 0. The minimum atomic E-state index is -0.196. The van der Waals surface area contributed by atoms with Crippen molar-refractivity contribution in [1.29, 1.82) is 0 Å². The molecule has 4 rings (SSSR count). The Morgan fingerprint density at radius 1 is 1.19 bits per heavy atom. The maximum Gasteiger partial charge on any atom is 0.267 e. The van der Waals surface area contributed by atoms with Gasteiger partial charge in [0.15, 0.2) is 4.34 Å². The fourth-order valence-corrected chi connectivity index (χ4v) is 5.12. The molecular weight excluding hydrogens is 400 g/mol. The molecule has 1 aliphatic rings. The van der Waals surface area contributed by atoms with Crippen LogP contribution in [0.25, 0.3) is 0 Å². The number of benzene rings is 1. The highest BCUT2D eigenvalue weighted by molar-refractivity contribution is 8.01. The van der Waals surface area contributed by atoms with Crippen LogP contribution in [0.2, 0.25) is 0 Å². The Bertz CT molecular complexity index is 955. The van der Waals surface area contributed by atoms with Gasteiger partial charge in [-0.15, -0.1) is 21.5 Å². The van der Waals surface area contributed by atoms with Crippen LogP contribution < -0.4 is 10.2 Å². The summed E-state index contributed by atoms with van der Waals surface area (Å²) >= 11 is 3.99. The molecule has 3 heterocycles. The van der Waals surface area contributed by atoms with E-state index in [1.54, 1.807) is 6.07 Å². The monoisotopic (exact) mass is 416 g/mol. The molecule has 6 nitrogen and oxygen atoms in total. The fourth-order valence-electron chi connectivity index (χ4n) is 2.88. The van der Waals surface area contributed by atoms with Crippen LogP contribution in [-0.2, 0) is 11.2 Å². The molecule has 0 saturated heterocycles. The van der Waals surface area contributed by atoms with E-state index in [9.17, 15) is 9.59 Å². The quantitative estimate of drug-likeness (QED) is 0.504. The molecule has 1 aliphatic heterocycles. The number of para-hydroxylation sites is 1. The molecule has 2 amide bonds. The predicted octanol–water partition coefficient (Wildman–Crippen LogP) is 3.92. The summed E-state index contributed by atoms with van der Waals surface area (Å²) in [6.07, 6.45) is 1.99. The summed E-state index contributed by atoms with van der Waals surface area (Å²) in [4.78, 5) is 27.2. The largest absolute Gasteiger partial charge is 0.311 e. The van der Waals surface area contributed by atoms with Gasteiger partial charge in [0.25, 0.3) is 5.91 Å². The number of carbonyl (C=O) groups excluding carboxylic acids is 2. The van der Waals surface area contributed by atoms with Crippen LogP contribution in [0, 0.1) is 0 Å². The van der Waals surface area contributed by atoms with E-state index in [1.165, 1.54) is 40.0 Å². The summed E-state index contributed by atoms with van der Waals surface area (Å²) in [6, 6.07) is 11.6. The number of hydrogen-bond acceptors (Lipinski definition) is 7. The number of aryl methyl sites for hydroxylation is 1. The number of nitrogens with one attached hydrogen (secondary N) is 1. The van der Waals surface area contributed by atoms with Crippen LogP contribution >= 0.6 is 34.4 Å². The second-order valence-corrected chi connectivity index (χ2v) is 9.02. The van der Waals surface area contributed by atoms with Crippen LogP contribution in [0.1, 0.15) is 21.7 Å². The highest BCUT2D eigenvalue weighted by atomic mass is 32.2. The summed E-state index contributed by atoms with van der Waals surface area (Å²) in [5, 5.41) is 13.1. The molecule has 0 atom stereocenters. The van der Waals surface area contributed by atoms with Gasteiger partial charge in [0.05, 0.1) is 10.6 Å². The lowest BCUT2D eigenvalue weighted by Gasteiger charge is -2.29. The molecule has 0 fully saturated rings. The SMILES string of the molecule is O=C(Nc1nnc(SCC(=O)N2CCCc3ccccc32)s1)c1cccs1. The molecule has 2 aromatic heterocycles. The molecule has 0 aliphatic carbocycles. The zero-order valence-electron chi connectivity index (χ0n) is 14.3. The summed E-state index contributed by atoms with van der Waals surface area (Å²) < 4.78 is 0.662. The number of rotatable bonds is 5. The van der Waals surface area contributed by atoms with E-state index in [0.29, 0.717) is 20.1 Å². The van der Waals surface area contributed by atoms with Crippen molar-refractivity contribution < 1.29 is 9.59 Å². The number of fused-ring (bicyclic) bond motifs is 1. The molecule has 0 unspecified atom stereocenters. The maximum atomic E-state index is 12.7. The summed E-state index contributed by atoms with van der Waals surface area (Å²) in [5.74, 6) is 0.159. The third kappa shape index (κ3) is 4.20. The van der Waals surface area contributed by atoms with Gasteiger partial charge in [-0.2, -0.15) is 0 Å². The Hall–Kier alpha value is -2.23. The average Bonchev–Trinajstić information content (AvgIpc) is 3.38. The van der Waals surface area contributed by atoms with Gasteiger partial charge in [-0.25, -0.2) is 0 Å². The van der Waals surface area contributed by atoms with Crippen molar-refractivity contribution in [2.75, 3.05) is 22.5 Å². The molecule has 1 aromatic carbocycles. The first-order valence-electron chi connectivity index (χ1n) is 8.40. The van der Waals surface area contributed by atoms with E-state index in [-0.39, 0.29) is 11.8 Å². The zero-order valence-corrected chi connectivity index (χ0v) is 16.7. The van der Waals surface area contributed by atoms with Crippen molar-refractivity contribution in [3.8, 4) is 0 Å². The average molecular weight is 417 g/mol. The van der Waals surface area contributed by atoms with E-state index in [2.05, 4.69) is 21.6 Å². The molecule has 138 valence electrons. The van der Waals surface area contributed by atoms with E-state index in [4.69, 9.17) is 0 Å². The van der Waals surface area contributed by atoms with Crippen molar-refractivity contribution in [3.05, 3.63) is 52.2 Å². The zero-order chi connectivity index (χ0) is 18.6. The first-order chi connectivity index (χ1) is 13.2. The van der Waals surface area contributed by atoms with Gasteiger partial charge < -0.3 is 4.90 Å². The third-order valence-electron chi connectivity index (χ3n) is 4.10. The second kappa shape index (κ2) is 8.20. The Kier molecular flexibility index (Phi) is 5.51. The number of aromatic nitrogens is 2. The van der Waals surface area contributed by atoms with Gasteiger partial charge in [-0.3, -0.25) is 14.9 Å². The molecule has 0 saturated carbocycles. The maximum absolute atomic E-state index is 12.7. The molecular formula is C18H16N4O2S3. The van der Waals surface area contributed by atoms with Gasteiger partial charge in [0.2, 0.25) is 11.0 Å². The standard InChI is InChI=1S/C18H16N4O2S3/c23-15(22-9-3-6-12-5-1-2-7-13(12)22)11-26-18-21-20-17(27-18)19-16(24)14-8-4-10-25-14/h1-2,4-5,7-8,10H,3,6,9,11H2,(H,19,20,24). The third-order valence-corrected chi connectivity index (χ3v) is 6.93. The van der Waals surface area contributed by atoms with E-state index in [1.807, 2.05) is 34.5 Å². The molecule has 3 aromatic rings. The highest BCUT2D eigenvalue weighted by Gasteiger charge is 2.22. The minimum absolute atomic E-state index is 0.0616. The lowest BCUT2D eigenvalue weighted by Crippen LogP contribution is -2.36. The number of nitrogens with zero attached hydrogens (tertiary/aromatic N) is 3. The highest BCUT2D eigenvalue weighted by Crippen LogP contribution is 2.30. The van der Waals surface area contributed by atoms with Crippen LogP contribution in [0.15, 0.2) is 46.1 Å². The first-order valence-corrected chi connectivity index (χ1v) is 11.1. The molecule has 27 heavy (non-hydrogen) atoms. The van der Waals surface area contributed by atoms with Crippen molar-refractivity contribution in [2.24, 2.45) is 0 Å². The minimum Gasteiger partial charge on any atom is -0.311 e. The summed E-state index contributed by atoms with van der Waals surface area (Å²) in [6.45, 7) is 0.745. The smallest absolute Gasteiger partial charge is 0.267 e. The van der Waals surface area contributed by atoms with Crippen molar-refractivity contribution in [3.63, 3.8) is 0 Å². The topological polar surface area (TPSA) is 75.2 Å². The van der Waals surface area contributed by atoms with E-state index >= 15 is 0 Å². The Labute approximate surface area is 168 Å². The second-order valence-electron chi connectivity index (χ2n) is 5.87. The van der Waals surface area contributed by atoms with E-state index in [0.717, 1.165) is 25.1 Å². The molecule has 0 radical (unpaired) electrons. The van der Waals surface area contributed by atoms with Gasteiger partial charge in [-0.1, -0.05) is 47.4 Å². The van der Waals surface area contributed by atoms with Gasteiger partial charge >= 0.3 is 0 Å². The van der Waals surface area contributed by atoms with Crippen LogP contribution in [0.5, 0.6) is 0 Å². The van der Waals surface area contributed by atoms with Crippen LogP contribution in [-0.4, -0.2) is 34.3 Å². The Morgan fingerprint density at radius 2 is 2.07 bits per heavy atom. The van der Waals surface area contributed by atoms with Crippen LogP contribution in [0.3, 0.4) is 0 Å². The van der Waals surface area contributed by atoms with Crippen molar-refractivity contribution >= 4 is 57.1 Å². The number of hydrogen-bond donors (Lipinski definition) is 1. The normalized spacial score (nSPS) is 13.3. The molecule has 0 spiro atoms. The number of amides is 2. The van der Waals surface area contributed by atoms with Gasteiger partial charge in [0.1, 0.15) is 0 Å². The Morgan fingerprint density at radius 3 is 2.93 bits per heavy atom. The lowest BCUT2D eigenvalue weighted by atomic mass is 10.0. The molecule has 1 N–H and O–H groups in total.